The summed E-state index contributed by atoms with van der Waals surface area (Å²) < 4.78 is 13.0. The Hall–Kier alpha value is -1.74. The number of halogens is 1. The Kier molecular flexibility index (Phi) is 4.63. The quantitative estimate of drug-likeness (QED) is 0.895. The van der Waals surface area contributed by atoms with Gasteiger partial charge in [0.1, 0.15) is 5.82 Å². The lowest BCUT2D eigenvalue weighted by atomic mass is 9.97. The van der Waals surface area contributed by atoms with Gasteiger partial charge in [0.15, 0.2) is 0 Å². The zero-order valence-electron chi connectivity index (χ0n) is 11.1. The lowest BCUT2D eigenvalue weighted by Gasteiger charge is -2.13. The number of aryl methyl sites for hydroxylation is 2. The molecule has 0 saturated carbocycles. The summed E-state index contributed by atoms with van der Waals surface area (Å²) in [6.45, 7) is 1.92. The van der Waals surface area contributed by atoms with Gasteiger partial charge in [0, 0.05) is 18.4 Å². The fraction of sp³-hybridized carbons (Fsp3) is 0.312. The molecule has 1 unspecified atom stereocenters. The second kappa shape index (κ2) is 6.43. The van der Waals surface area contributed by atoms with Crippen molar-refractivity contribution in [2.75, 3.05) is 0 Å². The molecule has 0 fully saturated rings. The van der Waals surface area contributed by atoms with E-state index in [0.29, 0.717) is 0 Å². The highest BCUT2D eigenvalue weighted by atomic mass is 19.1. The summed E-state index contributed by atoms with van der Waals surface area (Å²) in [6, 6.07) is 9.00. The van der Waals surface area contributed by atoms with Crippen LogP contribution in [0.15, 0.2) is 42.7 Å². The highest BCUT2D eigenvalue weighted by molar-refractivity contribution is 5.27. The highest BCUT2D eigenvalue weighted by Gasteiger charge is 2.07. The molecule has 0 bridgehead atoms. The van der Waals surface area contributed by atoms with Gasteiger partial charge in [-0.15, -0.1) is 0 Å². The molecule has 100 valence electrons. The predicted molar refractivity (Wildman–Crippen MR) is 75.4 cm³/mol. The largest absolute Gasteiger partial charge is 0.327 e. The molecule has 3 heteroatoms. The third-order valence-corrected chi connectivity index (χ3v) is 3.34. The third-order valence-electron chi connectivity index (χ3n) is 3.34. The summed E-state index contributed by atoms with van der Waals surface area (Å²) in [5.41, 5.74) is 9.50. The highest BCUT2D eigenvalue weighted by Crippen LogP contribution is 2.13. The summed E-state index contributed by atoms with van der Waals surface area (Å²) in [6.07, 6.45) is 6.25. The second-order valence-electron chi connectivity index (χ2n) is 4.93. The van der Waals surface area contributed by atoms with Crippen LogP contribution in [0.25, 0.3) is 0 Å². The van der Waals surface area contributed by atoms with Crippen LogP contribution in [0.1, 0.15) is 23.1 Å². The molecule has 0 radical (unpaired) electrons. The number of hydrogen-bond acceptors (Lipinski definition) is 2. The van der Waals surface area contributed by atoms with E-state index in [9.17, 15) is 4.39 Å². The summed E-state index contributed by atoms with van der Waals surface area (Å²) in [5.74, 6) is -0.188. The monoisotopic (exact) mass is 258 g/mol. The van der Waals surface area contributed by atoms with E-state index in [1.54, 1.807) is 18.5 Å². The minimum Gasteiger partial charge on any atom is -0.327 e. The number of aromatic nitrogens is 1. The van der Waals surface area contributed by atoms with E-state index in [1.165, 1.54) is 11.6 Å². The first-order valence-corrected chi connectivity index (χ1v) is 6.54. The fourth-order valence-corrected chi connectivity index (χ4v) is 2.17. The molecule has 2 nitrogen and oxygen atoms in total. The van der Waals surface area contributed by atoms with E-state index in [4.69, 9.17) is 5.73 Å². The average molecular weight is 258 g/mol. The SMILES string of the molecule is Cc1cc(F)ccc1CC(N)CCc1ccncc1. The van der Waals surface area contributed by atoms with Crippen LogP contribution in [0.3, 0.4) is 0 Å². The van der Waals surface area contributed by atoms with Gasteiger partial charge < -0.3 is 5.73 Å². The van der Waals surface area contributed by atoms with Crippen molar-refractivity contribution in [3.8, 4) is 0 Å². The minimum absolute atomic E-state index is 0.0947. The van der Waals surface area contributed by atoms with Gasteiger partial charge in [0.05, 0.1) is 0 Å². The van der Waals surface area contributed by atoms with Crippen LogP contribution in [0.4, 0.5) is 4.39 Å². The summed E-state index contributed by atoms with van der Waals surface area (Å²) >= 11 is 0. The van der Waals surface area contributed by atoms with Gasteiger partial charge in [-0.1, -0.05) is 6.07 Å². The molecule has 2 rings (SSSR count). The molecule has 0 aliphatic heterocycles. The smallest absolute Gasteiger partial charge is 0.123 e. The van der Waals surface area contributed by atoms with Crippen LogP contribution in [-0.4, -0.2) is 11.0 Å². The lowest BCUT2D eigenvalue weighted by Crippen LogP contribution is -2.24. The Morgan fingerprint density at radius 2 is 1.95 bits per heavy atom. The number of rotatable bonds is 5. The average Bonchev–Trinajstić information content (AvgIpc) is 2.41. The molecule has 2 N–H and O–H groups in total. The molecule has 19 heavy (non-hydrogen) atoms. The van der Waals surface area contributed by atoms with E-state index >= 15 is 0 Å². The van der Waals surface area contributed by atoms with E-state index in [2.05, 4.69) is 4.98 Å². The number of nitrogens with zero attached hydrogens (tertiary/aromatic N) is 1. The first kappa shape index (κ1) is 13.7. The van der Waals surface area contributed by atoms with E-state index in [1.807, 2.05) is 25.1 Å². The normalized spacial score (nSPS) is 12.4. The zero-order chi connectivity index (χ0) is 13.7. The zero-order valence-corrected chi connectivity index (χ0v) is 11.1. The van der Waals surface area contributed by atoms with Crippen molar-refractivity contribution in [3.05, 3.63) is 65.2 Å². The van der Waals surface area contributed by atoms with Gasteiger partial charge >= 0.3 is 0 Å². The van der Waals surface area contributed by atoms with Gasteiger partial charge in [-0.2, -0.15) is 0 Å². The van der Waals surface area contributed by atoms with Crippen molar-refractivity contribution < 1.29 is 4.39 Å². The van der Waals surface area contributed by atoms with E-state index in [0.717, 1.165) is 30.4 Å². The standard InChI is InChI=1S/C16H19FN2/c1-12-10-15(17)4-3-14(12)11-16(18)5-2-13-6-8-19-9-7-13/h3-4,6-10,16H,2,5,11,18H2,1H3. The molecular weight excluding hydrogens is 239 g/mol. The van der Waals surface area contributed by atoms with Gasteiger partial charge in [-0.05, 0) is 67.1 Å². The van der Waals surface area contributed by atoms with Crippen LogP contribution in [0, 0.1) is 12.7 Å². The number of hydrogen-bond donors (Lipinski definition) is 1. The van der Waals surface area contributed by atoms with Crippen LogP contribution in [0.2, 0.25) is 0 Å². The van der Waals surface area contributed by atoms with Crippen molar-refractivity contribution in [3.63, 3.8) is 0 Å². The predicted octanol–water partition coefficient (Wildman–Crippen LogP) is 3.03. The molecule has 1 aromatic carbocycles. The molecule has 0 saturated heterocycles. The van der Waals surface area contributed by atoms with Crippen molar-refractivity contribution in [1.29, 1.82) is 0 Å². The molecule has 0 spiro atoms. The van der Waals surface area contributed by atoms with Crippen LogP contribution in [0.5, 0.6) is 0 Å². The van der Waals surface area contributed by atoms with Crippen molar-refractivity contribution >= 4 is 0 Å². The molecule has 0 amide bonds. The number of nitrogens with two attached hydrogens (primary N) is 1. The van der Waals surface area contributed by atoms with Gasteiger partial charge in [0.25, 0.3) is 0 Å². The maximum absolute atomic E-state index is 13.0. The molecular formula is C16H19FN2. The Labute approximate surface area is 113 Å². The van der Waals surface area contributed by atoms with E-state index in [-0.39, 0.29) is 11.9 Å². The van der Waals surface area contributed by atoms with Crippen molar-refractivity contribution in [2.24, 2.45) is 5.73 Å². The number of benzene rings is 1. The minimum atomic E-state index is -0.188. The van der Waals surface area contributed by atoms with Crippen LogP contribution in [-0.2, 0) is 12.8 Å². The van der Waals surface area contributed by atoms with Crippen molar-refractivity contribution in [2.45, 2.75) is 32.2 Å². The molecule has 0 aliphatic carbocycles. The topological polar surface area (TPSA) is 38.9 Å². The number of pyridine rings is 1. The molecule has 1 aromatic heterocycles. The Bertz CT molecular complexity index is 526. The molecule has 1 heterocycles. The van der Waals surface area contributed by atoms with Gasteiger partial charge in [-0.25, -0.2) is 4.39 Å². The summed E-state index contributed by atoms with van der Waals surface area (Å²) in [4.78, 5) is 3.99. The Morgan fingerprint density at radius 3 is 2.63 bits per heavy atom. The van der Waals surface area contributed by atoms with Crippen LogP contribution < -0.4 is 5.73 Å². The van der Waals surface area contributed by atoms with Crippen molar-refractivity contribution in [1.82, 2.24) is 4.98 Å². The first-order valence-electron chi connectivity index (χ1n) is 6.54. The molecule has 2 aromatic rings. The second-order valence-corrected chi connectivity index (χ2v) is 4.93. The Balaban J connectivity index is 1.89. The van der Waals surface area contributed by atoms with E-state index < -0.39 is 0 Å². The van der Waals surface area contributed by atoms with Gasteiger partial charge in [0.2, 0.25) is 0 Å². The maximum atomic E-state index is 13.0. The summed E-state index contributed by atoms with van der Waals surface area (Å²) in [7, 11) is 0. The molecule has 0 aliphatic rings. The fourth-order valence-electron chi connectivity index (χ4n) is 2.17. The molecule has 1 atom stereocenters. The maximum Gasteiger partial charge on any atom is 0.123 e. The third kappa shape index (κ3) is 4.14. The summed E-state index contributed by atoms with van der Waals surface area (Å²) in [5, 5.41) is 0. The first-order chi connectivity index (χ1) is 9.15. The lowest BCUT2D eigenvalue weighted by molar-refractivity contribution is 0.602. The van der Waals surface area contributed by atoms with Gasteiger partial charge in [-0.3, -0.25) is 4.98 Å². The van der Waals surface area contributed by atoms with Crippen LogP contribution >= 0.6 is 0 Å². The Morgan fingerprint density at radius 1 is 1.21 bits per heavy atom.